The van der Waals surface area contributed by atoms with E-state index in [9.17, 15) is 9.90 Å². The number of aliphatic hydroxyl groups excluding tert-OH is 1. The first-order valence-electron chi connectivity index (χ1n) is 5.92. The van der Waals surface area contributed by atoms with Crippen LogP contribution in [0.25, 0.3) is 0 Å². The van der Waals surface area contributed by atoms with Crippen molar-refractivity contribution in [3.8, 4) is 0 Å². The van der Waals surface area contributed by atoms with E-state index in [1.807, 2.05) is 24.3 Å². The molecule has 2 rings (SSSR count). The van der Waals surface area contributed by atoms with E-state index >= 15 is 0 Å². The van der Waals surface area contributed by atoms with Crippen molar-refractivity contribution in [2.24, 2.45) is 0 Å². The predicted octanol–water partition coefficient (Wildman–Crippen LogP) is 2.69. The van der Waals surface area contributed by atoms with Gasteiger partial charge in [-0.25, -0.2) is 0 Å². The second-order valence-corrected chi connectivity index (χ2v) is 4.53. The summed E-state index contributed by atoms with van der Waals surface area (Å²) in [5.41, 5.74) is 1.39. The van der Waals surface area contributed by atoms with Crippen LogP contribution >= 0.6 is 11.6 Å². The molecule has 2 aromatic carbocycles. The third-order valence-electron chi connectivity index (χ3n) is 2.77. The van der Waals surface area contributed by atoms with Gasteiger partial charge in [-0.1, -0.05) is 60.1 Å². The van der Waals surface area contributed by atoms with Crippen LogP contribution in [-0.2, 0) is 11.3 Å². The fourth-order valence-corrected chi connectivity index (χ4v) is 1.91. The van der Waals surface area contributed by atoms with E-state index in [0.29, 0.717) is 17.1 Å². The molecule has 0 fully saturated rings. The van der Waals surface area contributed by atoms with Gasteiger partial charge < -0.3 is 10.4 Å². The van der Waals surface area contributed by atoms with Crippen LogP contribution in [0.5, 0.6) is 0 Å². The van der Waals surface area contributed by atoms with Crippen LogP contribution < -0.4 is 5.32 Å². The van der Waals surface area contributed by atoms with Crippen LogP contribution in [0.2, 0.25) is 5.02 Å². The first-order chi connectivity index (χ1) is 9.18. The Hall–Kier alpha value is -1.84. The molecule has 0 spiro atoms. The third-order valence-corrected chi connectivity index (χ3v) is 3.14. The van der Waals surface area contributed by atoms with Crippen LogP contribution in [0.4, 0.5) is 0 Å². The SMILES string of the molecule is O=C(NCc1ccccc1Cl)C(O)c1ccccc1. The number of hydrogen-bond donors (Lipinski definition) is 2. The van der Waals surface area contributed by atoms with Gasteiger partial charge in [-0.3, -0.25) is 4.79 Å². The number of rotatable bonds is 4. The quantitative estimate of drug-likeness (QED) is 0.901. The van der Waals surface area contributed by atoms with Crippen molar-refractivity contribution >= 4 is 17.5 Å². The van der Waals surface area contributed by atoms with Gasteiger partial charge in [0.1, 0.15) is 0 Å². The van der Waals surface area contributed by atoms with E-state index in [4.69, 9.17) is 11.6 Å². The molecule has 19 heavy (non-hydrogen) atoms. The number of carbonyl (C=O) groups excluding carboxylic acids is 1. The molecule has 0 radical (unpaired) electrons. The first kappa shape index (κ1) is 13.6. The number of carbonyl (C=O) groups is 1. The van der Waals surface area contributed by atoms with Gasteiger partial charge in [0.2, 0.25) is 0 Å². The summed E-state index contributed by atoms with van der Waals surface area (Å²) in [5, 5.41) is 13.2. The fourth-order valence-electron chi connectivity index (χ4n) is 1.71. The molecule has 1 amide bonds. The van der Waals surface area contributed by atoms with Crippen molar-refractivity contribution in [2.45, 2.75) is 12.6 Å². The second kappa shape index (κ2) is 6.36. The number of nitrogens with one attached hydrogen (secondary N) is 1. The molecule has 1 unspecified atom stereocenters. The normalized spacial score (nSPS) is 11.9. The highest BCUT2D eigenvalue weighted by Crippen LogP contribution is 2.16. The molecule has 1 atom stereocenters. The summed E-state index contributed by atoms with van der Waals surface area (Å²) in [6.07, 6.45) is -1.16. The molecule has 0 aliphatic carbocycles. The monoisotopic (exact) mass is 275 g/mol. The fraction of sp³-hybridized carbons (Fsp3) is 0.133. The lowest BCUT2D eigenvalue weighted by atomic mass is 10.1. The molecular weight excluding hydrogens is 262 g/mol. The molecule has 0 aromatic heterocycles. The van der Waals surface area contributed by atoms with Crippen molar-refractivity contribution in [1.29, 1.82) is 0 Å². The zero-order valence-electron chi connectivity index (χ0n) is 10.2. The minimum atomic E-state index is -1.16. The predicted molar refractivity (Wildman–Crippen MR) is 74.7 cm³/mol. The maximum Gasteiger partial charge on any atom is 0.253 e. The molecule has 0 bridgehead atoms. The maximum absolute atomic E-state index is 11.8. The molecule has 0 heterocycles. The molecule has 0 aliphatic rings. The minimum absolute atomic E-state index is 0.294. The summed E-state index contributed by atoms with van der Waals surface area (Å²) < 4.78 is 0. The Kier molecular flexibility index (Phi) is 4.55. The molecule has 2 aromatic rings. The Bertz CT molecular complexity index is 557. The highest BCUT2D eigenvalue weighted by atomic mass is 35.5. The molecule has 0 aliphatic heterocycles. The summed E-state index contributed by atoms with van der Waals surface area (Å²) in [6.45, 7) is 0.294. The van der Waals surface area contributed by atoms with E-state index in [0.717, 1.165) is 5.56 Å². The largest absolute Gasteiger partial charge is 0.378 e. The van der Waals surface area contributed by atoms with Gasteiger partial charge in [0.05, 0.1) is 0 Å². The van der Waals surface area contributed by atoms with E-state index in [2.05, 4.69) is 5.32 Å². The van der Waals surface area contributed by atoms with E-state index in [1.165, 1.54) is 0 Å². The average Bonchev–Trinajstić information content (AvgIpc) is 2.46. The van der Waals surface area contributed by atoms with Crippen molar-refractivity contribution in [1.82, 2.24) is 5.32 Å². The molecule has 0 saturated heterocycles. The average molecular weight is 276 g/mol. The molecule has 98 valence electrons. The van der Waals surface area contributed by atoms with E-state index in [1.54, 1.807) is 30.3 Å². The Morgan fingerprint density at radius 1 is 1.11 bits per heavy atom. The van der Waals surface area contributed by atoms with Crippen LogP contribution in [0, 0.1) is 0 Å². The zero-order valence-corrected chi connectivity index (χ0v) is 11.0. The lowest BCUT2D eigenvalue weighted by molar-refractivity contribution is -0.129. The molecule has 2 N–H and O–H groups in total. The van der Waals surface area contributed by atoms with Crippen molar-refractivity contribution in [3.63, 3.8) is 0 Å². The summed E-state index contributed by atoms with van der Waals surface area (Å²) in [6, 6.07) is 16.1. The van der Waals surface area contributed by atoms with Gasteiger partial charge in [0.25, 0.3) is 5.91 Å². The van der Waals surface area contributed by atoms with Gasteiger partial charge in [0, 0.05) is 11.6 Å². The highest BCUT2D eigenvalue weighted by molar-refractivity contribution is 6.31. The summed E-state index contributed by atoms with van der Waals surface area (Å²) in [4.78, 5) is 11.8. The maximum atomic E-state index is 11.8. The minimum Gasteiger partial charge on any atom is -0.378 e. The Morgan fingerprint density at radius 3 is 2.42 bits per heavy atom. The van der Waals surface area contributed by atoms with E-state index < -0.39 is 12.0 Å². The molecular formula is C15H14ClNO2. The smallest absolute Gasteiger partial charge is 0.253 e. The molecule has 4 heteroatoms. The number of benzene rings is 2. The second-order valence-electron chi connectivity index (χ2n) is 4.12. The van der Waals surface area contributed by atoms with Gasteiger partial charge >= 0.3 is 0 Å². The topological polar surface area (TPSA) is 49.3 Å². The van der Waals surface area contributed by atoms with Crippen molar-refractivity contribution < 1.29 is 9.90 Å². The van der Waals surface area contributed by atoms with Gasteiger partial charge in [0.15, 0.2) is 6.10 Å². The first-order valence-corrected chi connectivity index (χ1v) is 6.30. The van der Waals surface area contributed by atoms with E-state index in [-0.39, 0.29) is 0 Å². The number of halogens is 1. The van der Waals surface area contributed by atoms with Gasteiger partial charge in [-0.15, -0.1) is 0 Å². The lowest BCUT2D eigenvalue weighted by Gasteiger charge is -2.12. The van der Waals surface area contributed by atoms with Gasteiger partial charge in [-0.2, -0.15) is 0 Å². The number of aliphatic hydroxyl groups is 1. The summed E-state index contributed by atoms with van der Waals surface area (Å²) in [7, 11) is 0. The summed E-state index contributed by atoms with van der Waals surface area (Å²) in [5.74, 6) is -0.439. The van der Waals surface area contributed by atoms with Gasteiger partial charge in [-0.05, 0) is 17.2 Å². The number of amides is 1. The standard InChI is InChI=1S/C15H14ClNO2/c16-13-9-5-4-8-12(13)10-17-15(19)14(18)11-6-2-1-3-7-11/h1-9,14,18H,10H2,(H,17,19). The Balaban J connectivity index is 1.97. The summed E-state index contributed by atoms with van der Waals surface area (Å²) >= 11 is 5.99. The zero-order chi connectivity index (χ0) is 13.7. The Labute approximate surface area is 116 Å². The van der Waals surface area contributed by atoms with Crippen molar-refractivity contribution in [3.05, 3.63) is 70.7 Å². The third kappa shape index (κ3) is 3.56. The Morgan fingerprint density at radius 2 is 1.74 bits per heavy atom. The lowest BCUT2D eigenvalue weighted by Crippen LogP contribution is -2.28. The van der Waals surface area contributed by atoms with Crippen LogP contribution in [0.3, 0.4) is 0 Å². The van der Waals surface area contributed by atoms with Crippen LogP contribution in [-0.4, -0.2) is 11.0 Å². The highest BCUT2D eigenvalue weighted by Gasteiger charge is 2.16. The molecule has 3 nitrogen and oxygen atoms in total. The van der Waals surface area contributed by atoms with Crippen molar-refractivity contribution in [2.75, 3.05) is 0 Å². The number of hydrogen-bond acceptors (Lipinski definition) is 2. The van der Waals surface area contributed by atoms with Crippen LogP contribution in [0.1, 0.15) is 17.2 Å². The molecule has 0 saturated carbocycles. The van der Waals surface area contributed by atoms with Crippen LogP contribution in [0.15, 0.2) is 54.6 Å².